The molecular formula is C31H46N2O4. The van der Waals surface area contributed by atoms with Crippen LogP contribution < -0.4 is 5.73 Å². The molecule has 1 fully saturated rings. The van der Waals surface area contributed by atoms with Gasteiger partial charge in [-0.2, -0.15) is 0 Å². The van der Waals surface area contributed by atoms with Crippen LogP contribution in [0, 0.1) is 5.41 Å². The minimum atomic E-state index is -0.858. The molecule has 2 aromatic rings. The third kappa shape index (κ3) is 9.42. The predicted octanol–water partition coefficient (Wildman–Crippen LogP) is 5.87. The van der Waals surface area contributed by atoms with Crippen LogP contribution in [-0.4, -0.2) is 29.3 Å². The van der Waals surface area contributed by atoms with E-state index in [4.69, 9.17) is 10.5 Å². The molecule has 1 aromatic carbocycles. The Hall–Kier alpha value is -3.02. The van der Waals surface area contributed by atoms with Crippen LogP contribution in [-0.2, 0) is 42.8 Å². The van der Waals surface area contributed by atoms with Crippen LogP contribution in [0.25, 0.3) is 0 Å². The van der Waals surface area contributed by atoms with Gasteiger partial charge in [0.2, 0.25) is 5.91 Å². The number of amides is 1. The van der Waals surface area contributed by atoms with Gasteiger partial charge < -0.3 is 10.5 Å². The monoisotopic (exact) mass is 510 g/mol. The molecule has 0 saturated heterocycles. The van der Waals surface area contributed by atoms with E-state index in [1.54, 1.807) is 0 Å². The minimum Gasteiger partial charge on any atom is -0.465 e. The normalized spacial score (nSPS) is 13.9. The third-order valence-corrected chi connectivity index (χ3v) is 6.42. The summed E-state index contributed by atoms with van der Waals surface area (Å²) < 4.78 is 5.01. The van der Waals surface area contributed by atoms with E-state index in [9.17, 15) is 14.4 Å². The van der Waals surface area contributed by atoms with Crippen molar-refractivity contribution >= 4 is 17.7 Å². The van der Waals surface area contributed by atoms with Gasteiger partial charge in [-0.1, -0.05) is 86.2 Å². The summed E-state index contributed by atoms with van der Waals surface area (Å²) in [4.78, 5) is 39.1. The number of hydrogen-bond donors (Lipinski definition) is 1. The molecule has 204 valence electrons. The summed E-state index contributed by atoms with van der Waals surface area (Å²) in [5.74, 6) is -0.713. The highest BCUT2D eigenvalue weighted by Gasteiger charge is 2.54. The lowest BCUT2D eigenvalue weighted by molar-refractivity contribution is -0.143. The van der Waals surface area contributed by atoms with E-state index in [2.05, 4.69) is 46.5 Å². The predicted molar refractivity (Wildman–Crippen MR) is 149 cm³/mol. The molecular weight excluding hydrogens is 464 g/mol. The maximum atomic E-state index is 12.1. The molecule has 1 saturated carbocycles. The number of hydrogen-bond acceptors (Lipinski definition) is 5. The molecule has 37 heavy (non-hydrogen) atoms. The van der Waals surface area contributed by atoms with Gasteiger partial charge in [-0.3, -0.25) is 19.4 Å². The molecule has 0 bridgehead atoms. The number of nitrogens with zero attached hydrogens (tertiary/aromatic N) is 1. The van der Waals surface area contributed by atoms with E-state index in [1.165, 1.54) is 11.1 Å². The number of pyridine rings is 1. The van der Waals surface area contributed by atoms with Crippen molar-refractivity contribution in [3.05, 3.63) is 65.0 Å². The first-order chi connectivity index (χ1) is 16.7. The topological polar surface area (TPSA) is 99.4 Å². The second-order valence-electron chi connectivity index (χ2n) is 11.7. The maximum Gasteiger partial charge on any atom is 0.311 e. The Kier molecular flexibility index (Phi) is 11.2. The number of esters is 1. The quantitative estimate of drug-likeness (QED) is 0.353. The highest BCUT2D eigenvalue weighted by atomic mass is 16.5. The Balaban J connectivity index is 0.000000363. The lowest BCUT2D eigenvalue weighted by Gasteiger charge is -2.19. The molecule has 6 heteroatoms. The van der Waals surface area contributed by atoms with Gasteiger partial charge in [0, 0.05) is 12.6 Å². The second-order valence-corrected chi connectivity index (χ2v) is 11.7. The number of rotatable bonds is 8. The van der Waals surface area contributed by atoms with Crippen LogP contribution in [0.2, 0.25) is 0 Å². The molecule has 1 aliphatic carbocycles. The molecule has 1 aromatic heterocycles. The van der Waals surface area contributed by atoms with E-state index in [0.29, 0.717) is 25.9 Å². The average Bonchev–Trinajstić information content (AvgIpc) is 3.60. The Morgan fingerprint density at radius 1 is 0.892 bits per heavy atom. The van der Waals surface area contributed by atoms with Gasteiger partial charge in [-0.15, -0.1) is 0 Å². The molecule has 0 unspecified atom stereocenters. The van der Waals surface area contributed by atoms with Crippen molar-refractivity contribution in [2.45, 2.75) is 98.8 Å². The molecule has 1 amide bonds. The van der Waals surface area contributed by atoms with Crippen LogP contribution >= 0.6 is 0 Å². The lowest BCUT2D eigenvalue weighted by atomic mass is 9.86. The Morgan fingerprint density at radius 2 is 1.43 bits per heavy atom. The maximum absolute atomic E-state index is 12.1. The van der Waals surface area contributed by atoms with E-state index in [1.807, 2.05) is 49.5 Å². The van der Waals surface area contributed by atoms with Crippen LogP contribution in [0.3, 0.4) is 0 Å². The fourth-order valence-corrected chi connectivity index (χ4v) is 3.65. The Bertz CT molecular complexity index is 1040. The average molecular weight is 511 g/mol. The second kappa shape index (κ2) is 13.0. The number of primary amides is 1. The van der Waals surface area contributed by atoms with Gasteiger partial charge >= 0.3 is 5.97 Å². The summed E-state index contributed by atoms with van der Waals surface area (Å²) in [6.45, 7) is 15.3. The Labute approximate surface area is 223 Å². The van der Waals surface area contributed by atoms with Gasteiger partial charge in [0.25, 0.3) is 0 Å². The molecule has 0 atom stereocenters. The van der Waals surface area contributed by atoms with Gasteiger partial charge in [-0.05, 0) is 52.8 Å². The molecule has 0 spiro atoms. The number of ketones is 1. The van der Waals surface area contributed by atoms with Gasteiger partial charge in [0.1, 0.15) is 5.41 Å². The van der Waals surface area contributed by atoms with Crippen molar-refractivity contribution in [1.82, 2.24) is 4.98 Å². The SMILES string of the molecule is C.CC(C)(C)c1ccc(CC(=O)C2(C(N)=O)CC2)cc1.CCCOC(=O)Cc1ccc(C(C)(C)C)cn1. The van der Waals surface area contributed by atoms with Crippen molar-refractivity contribution in [3.63, 3.8) is 0 Å². The van der Waals surface area contributed by atoms with Crippen molar-refractivity contribution in [2.24, 2.45) is 11.1 Å². The number of Topliss-reactive ketones (excluding diaryl/α,β-unsaturated/α-hetero) is 1. The summed E-state index contributed by atoms with van der Waals surface area (Å²) in [5, 5.41) is 0. The standard InChI is InChI=1S/C16H21NO2.C14H21NO2.CH4/c1-15(2,3)12-6-4-11(5-7-12)10-13(18)16(8-9-16)14(17)19;1-5-8-17-13(16)9-12-7-6-11(10-15-12)14(2,3)4;/h4-7H,8-10H2,1-3H3,(H2,17,19);6-7,10H,5,8-9H2,1-4H3;1H4. The number of benzene rings is 1. The van der Waals surface area contributed by atoms with Gasteiger partial charge in [0.15, 0.2) is 5.78 Å². The number of carbonyl (C=O) groups excluding carboxylic acids is 3. The van der Waals surface area contributed by atoms with Gasteiger partial charge in [0.05, 0.1) is 18.7 Å². The highest BCUT2D eigenvalue weighted by molar-refractivity contribution is 6.08. The summed E-state index contributed by atoms with van der Waals surface area (Å²) in [5.41, 5.74) is 8.76. The first-order valence-corrected chi connectivity index (χ1v) is 12.7. The summed E-state index contributed by atoms with van der Waals surface area (Å²) in [7, 11) is 0. The largest absolute Gasteiger partial charge is 0.465 e. The van der Waals surface area contributed by atoms with Crippen molar-refractivity contribution in [3.8, 4) is 0 Å². The zero-order chi connectivity index (χ0) is 27.1. The zero-order valence-corrected chi connectivity index (χ0v) is 22.9. The van der Waals surface area contributed by atoms with Crippen molar-refractivity contribution in [2.75, 3.05) is 6.61 Å². The van der Waals surface area contributed by atoms with E-state index in [-0.39, 0.29) is 36.4 Å². The van der Waals surface area contributed by atoms with Crippen molar-refractivity contribution in [1.29, 1.82) is 0 Å². The van der Waals surface area contributed by atoms with E-state index in [0.717, 1.165) is 17.7 Å². The van der Waals surface area contributed by atoms with E-state index >= 15 is 0 Å². The zero-order valence-electron chi connectivity index (χ0n) is 22.9. The third-order valence-electron chi connectivity index (χ3n) is 6.42. The lowest BCUT2D eigenvalue weighted by Crippen LogP contribution is -2.33. The minimum absolute atomic E-state index is 0. The molecule has 1 aliphatic rings. The first-order valence-electron chi connectivity index (χ1n) is 12.7. The van der Waals surface area contributed by atoms with Crippen LogP contribution in [0.5, 0.6) is 0 Å². The molecule has 0 radical (unpaired) electrons. The summed E-state index contributed by atoms with van der Waals surface area (Å²) >= 11 is 0. The molecule has 6 nitrogen and oxygen atoms in total. The summed E-state index contributed by atoms with van der Waals surface area (Å²) in [6.07, 6.45) is 4.46. The fraction of sp³-hybridized carbons (Fsp3) is 0.548. The molecule has 0 aliphatic heterocycles. The highest BCUT2D eigenvalue weighted by Crippen LogP contribution is 2.46. The Morgan fingerprint density at radius 3 is 1.84 bits per heavy atom. The number of carbonyl (C=O) groups is 3. The van der Waals surface area contributed by atoms with Crippen molar-refractivity contribution < 1.29 is 19.1 Å². The molecule has 3 rings (SSSR count). The fourth-order valence-electron chi connectivity index (χ4n) is 3.65. The number of aromatic nitrogens is 1. The van der Waals surface area contributed by atoms with Gasteiger partial charge in [-0.25, -0.2) is 0 Å². The van der Waals surface area contributed by atoms with E-state index < -0.39 is 11.3 Å². The summed E-state index contributed by atoms with van der Waals surface area (Å²) in [6, 6.07) is 12.0. The van der Waals surface area contributed by atoms with Crippen LogP contribution in [0.1, 0.15) is 97.5 Å². The smallest absolute Gasteiger partial charge is 0.311 e. The van der Waals surface area contributed by atoms with Crippen LogP contribution in [0.4, 0.5) is 0 Å². The van der Waals surface area contributed by atoms with Crippen LogP contribution in [0.15, 0.2) is 42.6 Å². The molecule has 1 heterocycles. The molecule has 2 N–H and O–H groups in total. The number of nitrogens with two attached hydrogens (primary N) is 1. The first kappa shape index (κ1) is 32.0. The number of ether oxygens (including phenoxy) is 1.